The third kappa shape index (κ3) is 2.47. The van der Waals surface area contributed by atoms with Gasteiger partial charge in [-0.3, -0.25) is 9.59 Å². The second-order valence-electron chi connectivity index (χ2n) is 4.19. The van der Waals surface area contributed by atoms with Crippen LogP contribution in [0.4, 0.5) is 0 Å². The van der Waals surface area contributed by atoms with Crippen molar-refractivity contribution >= 4 is 11.8 Å². The monoisotopic (exact) mass is 196 g/mol. The zero-order valence-electron chi connectivity index (χ0n) is 8.21. The van der Waals surface area contributed by atoms with Crippen molar-refractivity contribution in [2.45, 2.75) is 38.1 Å². The molecule has 0 saturated heterocycles. The van der Waals surface area contributed by atoms with Crippen LogP contribution in [-0.2, 0) is 9.59 Å². The molecule has 0 unspecified atom stereocenters. The summed E-state index contributed by atoms with van der Waals surface area (Å²) in [5, 5.41) is 5.52. The fourth-order valence-corrected chi connectivity index (χ4v) is 1.49. The maximum absolute atomic E-state index is 11.3. The van der Waals surface area contributed by atoms with Gasteiger partial charge in [-0.2, -0.15) is 0 Å². The number of amides is 2. The number of hydrogen-bond donors (Lipinski definition) is 2. The normalized spacial score (nSPS) is 21.1. The fraction of sp³-hybridized carbons (Fsp3) is 0.800. The van der Waals surface area contributed by atoms with Crippen LogP contribution in [0, 0.1) is 5.92 Å². The van der Waals surface area contributed by atoms with Gasteiger partial charge in [0.2, 0.25) is 11.8 Å². The molecule has 4 heteroatoms. The van der Waals surface area contributed by atoms with Gasteiger partial charge in [0.05, 0.1) is 6.54 Å². The lowest BCUT2D eigenvalue weighted by molar-refractivity contribution is -0.127. The maximum atomic E-state index is 11.3. The average Bonchev–Trinajstić information content (AvgIpc) is 2.90. The summed E-state index contributed by atoms with van der Waals surface area (Å²) in [4.78, 5) is 22.5. The smallest absolute Gasteiger partial charge is 0.239 e. The molecule has 78 valence electrons. The molecule has 2 saturated carbocycles. The molecule has 2 amide bonds. The Hall–Kier alpha value is -1.06. The molecule has 4 nitrogen and oxygen atoms in total. The van der Waals surface area contributed by atoms with Gasteiger partial charge in [-0.25, -0.2) is 0 Å². The molecule has 0 aromatic carbocycles. The van der Waals surface area contributed by atoms with Crippen LogP contribution < -0.4 is 10.6 Å². The zero-order valence-corrected chi connectivity index (χ0v) is 8.21. The predicted molar refractivity (Wildman–Crippen MR) is 51.5 cm³/mol. The molecule has 2 rings (SSSR count). The van der Waals surface area contributed by atoms with Crippen molar-refractivity contribution in [3.05, 3.63) is 0 Å². The van der Waals surface area contributed by atoms with E-state index < -0.39 is 0 Å². The Morgan fingerprint density at radius 3 is 2.36 bits per heavy atom. The highest BCUT2D eigenvalue weighted by Crippen LogP contribution is 2.28. The van der Waals surface area contributed by atoms with E-state index >= 15 is 0 Å². The minimum Gasteiger partial charge on any atom is -0.352 e. The lowest BCUT2D eigenvalue weighted by Gasteiger charge is -2.26. The van der Waals surface area contributed by atoms with Crippen molar-refractivity contribution < 1.29 is 9.59 Å². The first-order valence-electron chi connectivity index (χ1n) is 5.33. The quantitative estimate of drug-likeness (QED) is 0.674. The molecule has 0 aromatic heterocycles. The van der Waals surface area contributed by atoms with Gasteiger partial charge in [0.15, 0.2) is 0 Å². The first-order valence-corrected chi connectivity index (χ1v) is 5.33. The van der Waals surface area contributed by atoms with Crippen molar-refractivity contribution in [1.82, 2.24) is 10.6 Å². The van der Waals surface area contributed by atoms with Gasteiger partial charge < -0.3 is 10.6 Å². The van der Waals surface area contributed by atoms with E-state index in [1.807, 2.05) is 0 Å². The average molecular weight is 196 g/mol. The highest BCUT2D eigenvalue weighted by molar-refractivity contribution is 5.86. The number of carbonyl (C=O) groups is 2. The van der Waals surface area contributed by atoms with E-state index in [9.17, 15) is 9.59 Å². The fourth-order valence-electron chi connectivity index (χ4n) is 1.49. The summed E-state index contributed by atoms with van der Waals surface area (Å²) >= 11 is 0. The molecule has 2 aliphatic rings. The van der Waals surface area contributed by atoms with Gasteiger partial charge in [0.1, 0.15) is 0 Å². The third-order valence-electron chi connectivity index (χ3n) is 2.84. The molecule has 0 spiro atoms. The van der Waals surface area contributed by atoms with Crippen LogP contribution in [0.3, 0.4) is 0 Å². The lowest BCUT2D eigenvalue weighted by Crippen LogP contribution is -2.44. The van der Waals surface area contributed by atoms with E-state index in [0.717, 1.165) is 25.7 Å². The third-order valence-corrected chi connectivity index (χ3v) is 2.84. The van der Waals surface area contributed by atoms with Crippen molar-refractivity contribution in [3.63, 3.8) is 0 Å². The molecule has 2 fully saturated rings. The Kier molecular flexibility index (Phi) is 2.70. The Balaban J connectivity index is 1.59. The van der Waals surface area contributed by atoms with E-state index in [0.29, 0.717) is 6.04 Å². The van der Waals surface area contributed by atoms with Crippen LogP contribution in [0.25, 0.3) is 0 Å². The van der Waals surface area contributed by atoms with Crippen molar-refractivity contribution in [1.29, 1.82) is 0 Å². The summed E-state index contributed by atoms with van der Waals surface area (Å²) in [6.07, 6.45) is 5.34. The number of hydrogen-bond acceptors (Lipinski definition) is 2. The van der Waals surface area contributed by atoms with Crippen molar-refractivity contribution in [3.8, 4) is 0 Å². The largest absolute Gasteiger partial charge is 0.352 e. The minimum absolute atomic E-state index is 0.0359. The molecule has 0 aromatic rings. The molecular weight excluding hydrogens is 180 g/mol. The van der Waals surface area contributed by atoms with Crippen molar-refractivity contribution in [2.75, 3.05) is 6.54 Å². The lowest BCUT2D eigenvalue weighted by atomic mass is 9.93. The molecule has 0 bridgehead atoms. The van der Waals surface area contributed by atoms with Crippen molar-refractivity contribution in [2.24, 2.45) is 5.92 Å². The SMILES string of the molecule is O=C(CNC(=O)C1CC1)NC1CCC1. The molecule has 2 aliphatic carbocycles. The van der Waals surface area contributed by atoms with Gasteiger partial charge in [-0.05, 0) is 32.1 Å². The molecule has 2 N–H and O–H groups in total. The summed E-state index contributed by atoms with van der Waals surface area (Å²) in [5.41, 5.74) is 0. The van der Waals surface area contributed by atoms with E-state index in [-0.39, 0.29) is 24.3 Å². The van der Waals surface area contributed by atoms with Crippen LogP contribution in [-0.4, -0.2) is 24.4 Å². The summed E-state index contributed by atoms with van der Waals surface area (Å²) in [7, 11) is 0. The molecule has 14 heavy (non-hydrogen) atoms. The predicted octanol–water partition coefficient (Wildman–Crippen LogP) is 0.181. The molecule has 0 radical (unpaired) electrons. The van der Waals surface area contributed by atoms with E-state index in [1.165, 1.54) is 6.42 Å². The topological polar surface area (TPSA) is 58.2 Å². The van der Waals surface area contributed by atoms with Gasteiger partial charge in [0.25, 0.3) is 0 Å². The van der Waals surface area contributed by atoms with Crippen LogP contribution in [0.1, 0.15) is 32.1 Å². The van der Waals surface area contributed by atoms with E-state index in [4.69, 9.17) is 0 Å². The first-order chi connectivity index (χ1) is 6.75. The van der Waals surface area contributed by atoms with Crippen LogP contribution in [0.2, 0.25) is 0 Å². The maximum Gasteiger partial charge on any atom is 0.239 e. The van der Waals surface area contributed by atoms with Gasteiger partial charge >= 0.3 is 0 Å². The molecule has 0 atom stereocenters. The van der Waals surface area contributed by atoms with E-state index in [1.54, 1.807) is 0 Å². The standard InChI is InChI=1S/C10H16N2O2/c13-9(12-8-2-1-3-8)6-11-10(14)7-4-5-7/h7-8H,1-6H2,(H,11,14)(H,12,13). The molecule has 0 heterocycles. The first kappa shape index (κ1) is 9.49. The summed E-state index contributed by atoms with van der Waals surface area (Å²) in [6, 6.07) is 0.361. The molecule has 0 aliphatic heterocycles. The Morgan fingerprint density at radius 2 is 1.86 bits per heavy atom. The zero-order chi connectivity index (χ0) is 9.97. The Labute approximate surface area is 83.4 Å². The van der Waals surface area contributed by atoms with Crippen LogP contribution in [0.15, 0.2) is 0 Å². The van der Waals surface area contributed by atoms with Gasteiger partial charge in [-0.1, -0.05) is 0 Å². The van der Waals surface area contributed by atoms with Crippen LogP contribution >= 0.6 is 0 Å². The summed E-state index contributed by atoms with van der Waals surface area (Å²) in [5.74, 6) is 0.170. The van der Waals surface area contributed by atoms with Crippen LogP contribution in [0.5, 0.6) is 0 Å². The van der Waals surface area contributed by atoms with E-state index in [2.05, 4.69) is 10.6 Å². The Morgan fingerprint density at radius 1 is 1.14 bits per heavy atom. The summed E-state index contributed by atoms with van der Waals surface area (Å²) in [6.45, 7) is 0.145. The minimum atomic E-state index is -0.0521. The second-order valence-corrected chi connectivity index (χ2v) is 4.19. The summed E-state index contributed by atoms with van der Waals surface area (Å²) < 4.78 is 0. The molecular formula is C10H16N2O2. The number of carbonyl (C=O) groups excluding carboxylic acids is 2. The number of rotatable bonds is 4. The highest BCUT2D eigenvalue weighted by atomic mass is 16.2. The number of nitrogens with one attached hydrogen (secondary N) is 2. The van der Waals surface area contributed by atoms with Gasteiger partial charge in [-0.15, -0.1) is 0 Å². The highest BCUT2D eigenvalue weighted by Gasteiger charge is 2.29. The Bertz CT molecular complexity index is 245. The van der Waals surface area contributed by atoms with Gasteiger partial charge in [0, 0.05) is 12.0 Å². The second kappa shape index (κ2) is 3.98.